The Morgan fingerprint density at radius 2 is 1.76 bits per heavy atom. The Hall–Kier alpha value is -3.34. The lowest BCUT2D eigenvalue weighted by Gasteiger charge is -2.14. The minimum atomic E-state index is 0.173. The summed E-state index contributed by atoms with van der Waals surface area (Å²) in [6.45, 7) is 0.635. The van der Waals surface area contributed by atoms with Crippen LogP contribution in [0.15, 0.2) is 48.5 Å². The molecule has 0 saturated heterocycles. The van der Waals surface area contributed by atoms with E-state index >= 15 is 0 Å². The van der Waals surface area contributed by atoms with Crippen molar-refractivity contribution in [2.45, 2.75) is 6.42 Å². The predicted octanol–water partition coefficient (Wildman–Crippen LogP) is 3.55. The summed E-state index contributed by atoms with van der Waals surface area (Å²) in [5.41, 5.74) is 16.1. The quantitative estimate of drug-likeness (QED) is 0.558. The summed E-state index contributed by atoms with van der Waals surface area (Å²) in [6.07, 6.45) is 0.841. The molecule has 122 valence electrons. The molecule has 25 heavy (non-hydrogen) atoms. The number of hydrogen-bond acceptors (Lipinski definition) is 5. The van der Waals surface area contributed by atoms with Crippen LogP contribution in [0.5, 0.6) is 5.75 Å². The molecule has 0 radical (unpaired) electrons. The van der Waals surface area contributed by atoms with Crippen LogP contribution in [-0.4, -0.2) is 16.6 Å². The van der Waals surface area contributed by atoms with Crippen molar-refractivity contribution in [2.75, 3.05) is 18.1 Å². The van der Waals surface area contributed by atoms with Crippen LogP contribution in [-0.2, 0) is 6.42 Å². The van der Waals surface area contributed by atoms with E-state index in [0.29, 0.717) is 17.9 Å². The van der Waals surface area contributed by atoms with E-state index in [0.717, 1.165) is 34.2 Å². The van der Waals surface area contributed by atoms with Crippen LogP contribution in [0.4, 0.5) is 11.8 Å². The van der Waals surface area contributed by atoms with Crippen molar-refractivity contribution < 1.29 is 4.74 Å². The number of nitrogens with two attached hydrogens (primary N) is 2. The van der Waals surface area contributed by atoms with E-state index < -0.39 is 0 Å². The zero-order valence-electron chi connectivity index (χ0n) is 13.5. The molecule has 2 heterocycles. The highest BCUT2D eigenvalue weighted by Crippen LogP contribution is 2.44. The second-order valence-corrected chi connectivity index (χ2v) is 6.22. The highest BCUT2D eigenvalue weighted by molar-refractivity contribution is 6.04. The smallest absolute Gasteiger partial charge is 0.222 e. The molecule has 5 heteroatoms. The van der Waals surface area contributed by atoms with E-state index in [2.05, 4.69) is 58.5 Å². The molecule has 0 atom stereocenters. The van der Waals surface area contributed by atoms with Gasteiger partial charge >= 0.3 is 0 Å². The molecule has 5 rings (SSSR count). The highest BCUT2D eigenvalue weighted by Gasteiger charge is 2.24. The second kappa shape index (κ2) is 5.08. The van der Waals surface area contributed by atoms with E-state index in [1.807, 2.05) is 0 Å². The molecule has 0 spiro atoms. The Bertz CT molecular complexity index is 1150. The van der Waals surface area contributed by atoms with E-state index in [1.54, 1.807) is 0 Å². The third kappa shape index (κ3) is 2.02. The number of benzene rings is 3. The van der Waals surface area contributed by atoms with Crippen LogP contribution in [0, 0.1) is 0 Å². The molecule has 1 aliphatic heterocycles. The number of fused-ring (bicyclic) bond motifs is 4. The van der Waals surface area contributed by atoms with Gasteiger partial charge in [0.1, 0.15) is 11.6 Å². The predicted molar refractivity (Wildman–Crippen MR) is 101 cm³/mol. The van der Waals surface area contributed by atoms with Crippen LogP contribution in [0.3, 0.4) is 0 Å². The lowest BCUT2D eigenvalue weighted by Crippen LogP contribution is -2.02. The van der Waals surface area contributed by atoms with Crippen molar-refractivity contribution >= 4 is 33.4 Å². The average Bonchev–Trinajstić information content (AvgIpc) is 3.09. The number of nitrogens with zero attached hydrogens (tertiary/aromatic N) is 2. The van der Waals surface area contributed by atoms with Gasteiger partial charge in [0, 0.05) is 12.0 Å². The van der Waals surface area contributed by atoms with Gasteiger partial charge in [-0.2, -0.15) is 4.98 Å². The zero-order valence-corrected chi connectivity index (χ0v) is 13.5. The fourth-order valence-corrected chi connectivity index (χ4v) is 3.71. The molecule has 0 aliphatic carbocycles. The third-order valence-corrected chi connectivity index (χ3v) is 4.77. The lowest BCUT2D eigenvalue weighted by molar-refractivity contribution is 0.360. The number of nitrogen functional groups attached to an aromatic ring is 2. The summed E-state index contributed by atoms with van der Waals surface area (Å²) in [7, 11) is 0. The molecule has 4 aromatic rings. The first-order valence-electron chi connectivity index (χ1n) is 8.22. The number of rotatable bonds is 1. The number of anilines is 2. The second-order valence-electron chi connectivity index (χ2n) is 6.22. The molecule has 5 nitrogen and oxygen atoms in total. The number of hydrogen-bond donors (Lipinski definition) is 2. The van der Waals surface area contributed by atoms with Crippen molar-refractivity contribution in [3.63, 3.8) is 0 Å². The monoisotopic (exact) mass is 328 g/mol. The highest BCUT2D eigenvalue weighted by atomic mass is 16.5. The van der Waals surface area contributed by atoms with Gasteiger partial charge in [0.25, 0.3) is 0 Å². The van der Waals surface area contributed by atoms with E-state index in [-0.39, 0.29) is 5.95 Å². The van der Waals surface area contributed by atoms with Crippen LogP contribution in [0.1, 0.15) is 5.56 Å². The van der Waals surface area contributed by atoms with Crippen molar-refractivity contribution in [1.29, 1.82) is 0 Å². The maximum absolute atomic E-state index is 6.10. The van der Waals surface area contributed by atoms with Crippen molar-refractivity contribution in [2.24, 2.45) is 0 Å². The summed E-state index contributed by atoms with van der Waals surface area (Å²) >= 11 is 0. The third-order valence-electron chi connectivity index (χ3n) is 4.77. The van der Waals surface area contributed by atoms with Gasteiger partial charge in [0.2, 0.25) is 5.95 Å². The van der Waals surface area contributed by atoms with Gasteiger partial charge in [-0.25, -0.2) is 4.98 Å². The van der Waals surface area contributed by atoms with Gasteiger partial charge in [-0.15, -0.1) is 0 Å². The molecule has 4 N–H and O–H groups in total. The van der Waals surface area contributed by atoms with Crippen molar-refractivity contribution in [1.82, 2.24) is 9.97 Å². The first-order chi connectivity index (χ1) is 12.2. The molecular weight excluding hydrogens is 312 g/mol. The summed E-state index contributed by atoms with van der Waals surface area (Å²) in [5.74, 6) is 1.33. The Morgan fingerprint density at radius 3 is 2.68 bits per heavy atom. The normalized spacial score (nSPS) is 13.1. The summed E-state index contributed by atoms with van der Waals surface area (Å²) < 4.78 is 5.91. The largest absolute Gasteiger partial charge is 0.492 e. The first-order valence-corrected chi connectivity index (χ1v) is 8.22. The van der Waals surface area contributed by atoms with Crippen LogP contribution in [0.25, 0.3) is 32.8 Å². The molecule has 0 saturated carbocycles. The van der Waals surface area contributed by atoms with Gasteiger partial charge < -0.3 is 16.2 Å². The number of aromatic nitrogens is 2. The van der Waals surface area contributed by atoms with Gasteiger partial charge in [0.15, 0.2) is 0 Å². The minimum Gasteiger partial charge on any atom is -0.492 e. The molecule has 0 amide bonds. The molecule has 0 bridgehead atoms. The van der Waals surface area contributed by atoms with Crippen molar-refractivity contribution in [3.8, 4) is 16.9 Å². The fraction of sp³-hybridized carbons (Fsp3) is 0.100. The van der Waals surface area contributed by atoms with E-state index in [4.69, 9.17) is 16.2 Å². The Morgan fingerprint density at radius 1 is 0.920 bits per heavy atom. The molecule has 1 aromatic heterocycles. The molecule has 1 aliphatic rings. The van der Waals surface area contributed by atoms with Gasteiger partial charge in [0.05, 0.1) is 17.5 Å². The molecular formula is C20H16N4O. The lowest BCUT2D eigenvalue weighted by atomic mass is 9.92. The van der Waals surface area contributed by atoms with Gasteiger partial charge in [-0.3, -0.25) is 0 Å². The van der Waals surface area contributed by atoms with Crippen LogP contribution in [0.2, 0.25) is 0 Å². The minimum absolute atomic E-state index is 0.173. The average molecular weight is 328 g/mol. The van der Waals surface area contributed by atoms with Gasteiger partial charge in [-0.1, -0.05) is 42.5 Å². The fourth-order valence-electron chi connectivity index (χ4n) is 3.71. The molecule has 3 aromatic carbocycles. The molecule has 0 unspecified atom stereocenters. The van der Waals surface area contributed by atoms with Crippen LogP contribution < -0.4 is 16.2 Å². The van der Waals surface area contributed by atoms with E-state index in [9.17, 15) is 0 Å². The number of ether oxygens (including phenoxy) is 1. The molecule has 0 fully saturated rings. The maximum atomic E-state index is 6.10. The summed E-state index contributed by atoms with van der Waals surface area (Å²) in [5, 5.41) is 3.16. The van der Waals surface area contributed by atoms with E-state index in [1.165, 1.54) is 10.8 Å². The van der Waals surface area contributed by atoms with Gasteiger partial charge in [-0.05, 0) is 28.0 Å². The summed E-state index contributed by atoms with van der Waals surface area (Å²) in [4.78, 5) is 8.48. The van der Waals surface area contributed by atoms with Crippen LogP contribution >= 0.6 is 0 Å². The first kappa shape index (κ1) is 14.0. The Labute approximate surface area is 144 Å². The summed E-state index contributed by atoms with van der Waals surface area (Å²) in [6, 6.07) is 16.8. The Kier molecular flexibility index (Phi) is 2.85. The SMILES string of the molecule is Nc1nc(N)c2c3c(c(-c4cccc5ccccc45)cc2n1)CCO3. The zero-order chi connectivity index (χ0) is 17.0. The van der Waals surface area contributed by atoms with Crippen molar-refractivity contribution in [3.05, 3.63) is 54.1 Å². The topological polar surface area (TPSA) is 87.0 Å². The standard InChI is InChI=1S/C20H16N4O/c21-19-17-16(23-20(22)24-19)10-15(14-8-9-25-18(14)17)13-7-3-5-11-4-1-2-6-12(11)13/h1-7,10H,8-9H2,(H4,21,22,23,24). The Balaban J connectivity index is 1.91. The maximum Gasteiger partial charge on any atom is 0.222 e.